The average Bonchev–Trinajstić information content (AvgIpc) is 2.46. The summed E-state index contributed by atoms with van der Waals surface area (Å²) in [6.07, 6.45) is -3.43. The smallest absolute Gasteiger partial charge is 0.417 e. The Morgan fingerprint density at radius 1 is 1.13 bits per heavy atom. The minimum atomic E-state index is -4.86. The zero-order valence-electron chi connectivity index (χ0n) is 11.2. The molecule has 0 saturated heterocycles. The van der Waals surface area contributed by atoms with E-state index < -0.39 is 32.6 Å². The summed E-state index contributed by atoms with van der Waals surface area (Å²) in [5, 5.41) is 8.74. The SMILES string of the molecule is O=C(O)c1ccc(NS(=O)(=O)c2cnccc2C(F)(F)F)cc1. The van der Waals surface area contributed by atoms with Crippen LogP contribution in [-0.4, -0.2) is 24.5 Å². The molecule has 0 aliphatic heterocycles. The molecule has 0 saturated carbocycles. The molecule has 0 radical (unpaired) electrons. The second-order valence-corrected chi connectivity index (χ2v) is 6.01. The van der Waals surface area contributed by atoms with Crippen molar-refractivity contribution < 1.29 is 31.5 Å². The number of nitrogens with one attached hydrogen (secondary N) is 1. The normalized spacial score (nSPS) is 12.0. The Bertz CT molecular complexity index is 833. The van der Waals surface area contributed by atoms with Crippen molar-refractivity contribution in [1.29, 1.82) is 0 Å². The van der Waals surface area contributed by atoms with Crippen molar-refractivity contribution in [3.63, 3.8) is 0 Å². The number of sulfonamides is 1. The summed E-state index contributed by atoms with van der Waals surface area (Å²) < 4.78 is 64.8. The lowest BCUT2D eigenvalue weighted by atomic mass is 10.2. The summed E-state index contributed by atoms with van der Waals surface area (Å²) in [5.41, 5.74) is -1.51. The molecular weight excluding hydrogens is 337 g/mol. The number of anilines is 1. The number of hydrogen-bond donors (Lipinski definition) is 2. The number of alkyl halides is 3. The van der Waals surface area contributed by atoms with E-state index in [2.05, 4.69) is 4.98 Å². The molecule has 0 spiro atoms. The van der Waals surface area contributed by atoms with E-state index in [0.717, 1.165) is 30.5 Å². The summed E-state index contributed by atoms with van der Waals surface area (Å²) in [4.78, 5) is 13.1. The van der Waals surface area contributed by atoms with Crippen molar-refractivity contribution in [2.24, 2.45) is 0 Å². The highest BCUT2D eigenvalue weighted by molar-refractivity contribution is 7.92. The minimum absolute atomic E-state index is 0.0769. The Morgan fingerprint density at radius 3 is 2.26 bits per heavy atom. The molecule has 1 aromatic heterocycles. The van der Waals surface area contributed by atoms with Crippen LogP contribution in [0.25, 0.3) is 0 Å². The number of nitrogens with zero attached hydrogens (tertiary/aromatic N) is 1. The Kier molecular flexibility index (Phi) is 4.28. The standard InChI is InChI=1S/C13H9F3N2O4S/c14-13(15,16)10-5-6-17-7-11(10)23(21,22)18-9-3-1-8(2-4-9)12(19)20/h1-7,18H,(H,19,20). The number of hydrogen-bond acceptors (Lipinski definition) is 4. The van der Waals surface area contributed by atoms with Crippen LogP contribution in [0.4, 0.5) is 18.9 Å². The first kappa shape index (κ1) is 16.7. The molecule has 10 heteroatoms. The van der Waals surface area contributed by atoms with Crippen molar-refractivity contribution in [3.8, 4) is 0 Å². The molecule has 122 valence electrons. The van der Waals surface area contributed by atoms with Gasteiger partial charge in [-0.15, -0.1) is 0 Å². The molecule has 1 aromatic carbocycles. The second-order valence-electron chi connectivity index (χ2n) is 4.36. The van der Waals surface area contributed by atoms with Crippen molar-refractivity contribution in [3.05, 3.63) is 53.9 Å². The van der Waals surface area contributed by atoms with E-state index in [-0.39, 0.29) is 11.3 Å². The zero-order valence-corrected chi connectivity index (χ0v) is 12.0. The van der Waals surface area contributed by atoms with Crippen molar-refractivity contribution >= 4 is 21.7 Å². The third-order valence-electron chi connectivity index (χ3n) is 2.76. The van der Waals surface area contributed by atoms with Gasteiger partial charge in [-0.2, -0.15) is 13.2 Å². The fraction of sp³-hybridized carbons (Fsp3) is 0.0769. The average molecular weight is 346 g/mol. The van der Waals surface area contributed by atoms with Gasteiger partial charge in [-0.25, -0.2) is 13.2 Å². The van der Waals surface area contributed by atoms with E-state index in [0.29, 0.717) is 12.3 Å². The number of halogens is 3. The van der Waals surface area contributed by atoms with E-state index >= 15 is 0 Å². The fourth-order valence-corrected chi connectivity index (χ4v) is 2.95. The maximum absolute atomic E-state index is 12.9. The molecule has 0 aliphatic carbocycles. The first-order valence-electron chi connectivity index (χ1n) is 5.98. The van der Waals surface area contributed by atoms with Gasteiger partial charge in [0.05, 0.1) is 11.1 Å². The molecule has 0 unspecified atom stereocenters. The van der Waals surface area contributed by atoms with Crippen LogP contribution in [-0.2, 0) is 16.2 Å². The lowest BCUT2D eigenvalue weighted by Gasteiger charge is -2.13. The lowest BCUT2D eigenvalue weighted by Crippen LogP contribution is -2.19. The van der Waals surface area contributed by atoms with Crippen LogP contribution < -0.4 is 4.72 Å². The molecule has 0 fully saturated rings. The van der Waals surface area contributed by atoms with Crippen LogP contribution in [0.1, 0.15) is 15.9 Å². The molecule has 0 aliphatic rings. The van der Waals surface area contributed by atoms with Gasteiger partial charge in [-0.3, -0.25) is 9.71 Å². The molecule has 1 heterocycles. The Morgan fingerprint density at radius 2 is 1.74 bits per heavy atom. The predicted molar refractivity (Wildman–Crippen MR) is 73.4 cm³/mol. The van der Waals surface area contributed by atoms with Crippen LogP contribution in [0.3, 0.4) is 0 Å². The highest BCUT2D eigenvalue weighted by Gasteiger charge is 2.37. The summed E-state index contributed by atoms with van der Waals surface area (Å²) in [5.74, 6) is -1.22. The number of carboxylic acid groups (broad SMARTS) is 1. The van der Waals surface area contributed by atoms with E-state index in [1.807, 2.05) is 4.72 Å². The number of carbonyl (C=O) groups is 1. The summed E-state index contributed by atoms with van der Waals surface area (Å²) in [6, 6.07) is 5.06. The lowest BCUT2D eigenvalue weighted by molar-refractivity contribution is -0.139. The Balaban J connectivity index is 2.38. The van der Waals surface area contributed by atoms with Crippen LogP contribution in [0.2, 0.25) is 0 Å². The largest absolute Gasteiger partial charge is 0.478 e. The predicted octanol–water partition coefficient (Wildman–Crippen LogP) is 2.60. The van der Waals surface area contributed by atoms with Gasteiger partial charge in [0, 0.05) is 18.1 Å². The number of aromatic carboxylic acids is 1. The molecular formula is C13H9F3N2O4S. The second kappa shape index (κ2) is 5.88. The molecule has 0 amide bonds. The quantitative estimate of drug-likeness (QED) is 0.887. The van der Waals surface area contributed by atoms with Crippen molar-refractivity contribution in [2.75, 3.05) is 4.72 Å². The molecule has 2 N–H and O–H groups in total. The highest BCUT2D eigenvalue weighted by Crippen LogP contribution is 2.34. The summed E-state index contributed by atoms with van der Waals surface area (Å²) in [6.45, 7) is 0. The molecule has 0 atom stereocenters. The highest BCUT2D eigenvalue weighted by atomic mass is 32.2. The van der Waals surface area contributed by atoms with Gasteiger partial charge in [-0.05, 0) is 30.3 Å². The third kappa shape index (κ3) is 3.77. The van der Waals surface area contributed by atoms with E-state index in [1.165, 1.54) is 0 Å². The van der Waals surface area contributed by atoms with Gasteiger partial charge in [0.25, 0.3) is 10.0 Å². The molecule has 0 bridgehead atoms. The maximum atomic E-state index is 12.9. The number of rotatable bonds is 4. The van der Waals surface area contributed by atoms with Crippen LogP contribution >= 0.6 is 0 Å². The molecule has 6 nitrogen and oxygen atoms in total. The van der Waals surface area contributed by atoms with Gasteiger partial charge < -0.3 is 5.11 Å². The first-order chi connectivity index (χ1) is 10.6. The number of benzene rings is 1. The van der Waals surface area contributed by atoms with Gasteiger partial charge >= 0.3 is 12.1 Å². The van der Waals surface area contributed by atoms with Crippen LogP contribution in [0.5, 0.6) is 0 Å². The van der Waals surface area contributed by atoms with Gasteiger partial charge in [0.2, 0.25) is 0 Å². The monoisotopic (exact) mass is 346 g/mol. The number of carboxylic acids is 1. The van der Waals surface area contributed by atoms with Gasteiger partial charge in [0.1, 0.15) is 4.90 Å². The summed E-state index contributed by atoms with van der Waals surface area (Å²) >= 11 is 0. The summed E-state index contributed by atoms with van der Waals surface area (Å²) in [7, 11) is -4.54. The Hall–Kier alpha value is -2.62. The van der Waals surface area contributed by atoms with Gasteiger partial charge in [0.15, 0.2) is 0 Å². The first-order valence-corrected chi connectivity index (χ1v) is 7.47. The molecule has 23 heavy (non-hydrogen) atoms. The third-order valence-corrected chi connectivity index (χ3v) is 4.17. The molecule has 2 aromatic rings. The Labute approximate surface area is 128 Å². The van der Waals surface area contributed by atoms with Crippen molar-refractivity contribution in [2.45, 2.75) is 11.1 Å². The number of aromatic nitrogens is 1. The fourth-order valence-electron chi connectivity index (χ4n) is 1.72. The topological polar surface area (TPSA) is 96.4 Å². The minimum Gasteiger partial charge on any atom is -0.478 e. The zero-order chi connectivity index (χ0) is 17.3. The van der Waals surface area contributed by atoms with Crippen LogP contribution in [0, 0.1) is 0 Å². The van der Waals surface area contributed by atoms with E-state index in [4.69, 9.17) is 5.11 Å². The molecule has 2 rings (SSSR count). The van der Waals surface area contributed by atoms with E-state index in [9.17, 15) is 26.4 Å². The maximum Gasteiger partial charge on any atom is 0.417 e. The van der Waals surface area contributed by atoms with Crippen LogP contribution in [0.15, 0.2) is 47.6 Å². The van der Waals surface area contributed by atoms with E-state index in [1.54, 1.807) is 0 Å². The number of pyridine rings is 1. The van der Waals surface area contributed by atoms with Gasteiger partial charge in [-0.1, -0.05) is 0 Å². The van der Waals surface area contributed by atoms with Crippen molar-refractivity contribution in [1.82, 2.24) is 4.98 Å².